The number of rotatable bonds is 4. The zero-order valence-electron chi connectivity index (χ0n) is 13.1. The largest absolute Gasteiger partial charge is 0.461 e. The number of hydrogen-bond donors (Lipinski definition) is 0. The van der Waals surface area contributed by atoms with Crippen molar-refractivity contribution < 1.29 is 9.53 Å². The monoisotopic (exact) mass is 352 g/mol. The molecule has 0 saturated heterocycles. The Hall–Kier alpha value is -0.830. The van der Waals surface area contributed by atoms with E-state index in [1.54, 1.807) is 0 Å². The van der Waals surface area contributed by atoms with Crippen LogP contribution in [0, 0.1) is 11.8 Å². The van der Waals surface area contributed by atoms with Crippen LogP contribution in [0.4, 0.5) is 0 Å². The first-order valence-electron chi connectivity index (χ1n) is 7.76. The van der Waals surface area contributed by atoms with Gasteiger partial charge >= 0.3 is 5.97 Å². The molecule has 0 heterocycles. The number of carbonyl (C=O) groups excluding carboxylic acids is 1. The highest BCUT2D eigenvalue weighted by Crippen LogP contribution is 2.43. The number of hydrogen-bond acceptors (Lipinski definition) is 2. The van der Waals surface area contributed by atoms with Crippen molar-refractivity contribution in [1.82, 2.24) is 0 Å². The normalized spacial score (nSPS) is 26.4. The van der Waals surface area contributed by atoms with E-state index in [-0.39, 0.29) is 22.8 Å². The van der Waals surface area contributed by atoms with Gasteiger partial charge in [-0.1, -0.05) is 73.5 Å². The lowest BCUT2D eigenvalue weighted by molar-refractivity contribution is -0.153. The molecule has 0 unspecified atom stereocenters. The van der Waals surface area contributed by atoms with Gasteiger partial charge in [0.1, 0.15) is 11.4 Å². The second kappa shape index (κ2) is 6.95. The molecule has 1 aliphatic rings. The molecule has 3 atom stereocenters. The lowest BCUT2D eigenvalue weighted by Gasteiger charge is -2.43. The van der Waals surface area contributed by atoms with Gasteiger partial charge in [-0.15, -0.1) is 0 Å². The summed E-state index contributed by atoms with van der Waals surface area (Å²) in [5.41, 5.74) is 1.34. The Bertz CT molecular complexity index is 469. The van der Waals surface area contributed by atoms with Crippen LogP contribution >= 0.6 is 15.9 Å². The van der Waals surface area contributed by atoms with Crippen molar-refractivity contribution in [2.45, 2.75) is 51.6 Å². The summed E-state index contributed by atoms with van der Waals surface area (Å²) in [6, 6.07) is 10.6. The maximum atomic E-state index is 11.7. The molecule has 116 valence electrons. The summed E-state index contributed by atoms with van der Waals surface area (Å²) in [5, 5.41) is 0.274. The standard InChI is InChI=1S/C18H25BrO2/c1-13-9-10-15(16(11-13)21-17(20)12-19)18(2,3)14-7-5-4-6-8-14/h4-8,13,15-16H,9-12H2,1-3H3/t13-,15-,16-/m1/s1. The molecule has 1 aromatic rings. The molecule has 0 aliphatic heterocycles. The second-order valence-corrected chi connectivity index (χ2v) is 7.34. The SMILES string of the molecule is C[C@@H]1CC[C@@H](C(C)(C)c2ccccc2)[C@H](OC(=O)CBr)C1. The molecule has 21 heavy (non-hydrogen) atoms. The van der Waals surface area contributed by atoms with E-state index in [4.69, 9.17) is 4.74 Å². The molecule has 0 N–H and O–H groups in total. The second-order valence-electron chi connectivity index (χ2n) is 6.77. The van der Waals surface area contributed by atoms with Crippen LogP contribution in [0.2, 0.25) is 0 Å². The highest BCUT2D eigenvalue weighted by Gasteiger charge is 2.41. The summed E-state index contributed by atoms with van der Waals surface area (Å²) in [4.78, 5) is 11.7. The van der Waals surface area contributed by atoms with Crippen molar-refractivity contribution in [3.8, 4) is 0 Å². The highest BCUT2D eigenvalue weighted by atomic mass is 79.9. The summed E-state index contributed by atoms with van der Waals surface area (Å²) in [7, 11) is 0. The van der Waals surface area contributed by atoms with Crippen molar-refractivity contribution in [3.05, 3.63) is 35.9 Å². The Morgan fingerprint density at radius 2 is 1.95 bits per heavy atom. The topological polar surface area (TPSA) is 26.3 Å². The van der Waals surface area contributed by atoms with Crippen LogP contribution in [0.5, 0.6) is 0 Å². The van der Waals surface area contributed by atoms with Crippen LogP contribution in [0.25, 0.3) is 0 Å². The van der Waals surface area contributed by atoms with E-state index in [9.17, 15) is 4.79 Å². The molecule has 2 rings (SSSR count). The number of esters is 1. The molecule has 1 fully saturated rings. The van der Waals surface area contributed by atoms with Gasteiger partial charge in [0, 0.05) is 5.92 Å². The number of alkyl halides is 1. The maximum Gasteiger partial charge on any atom is 0.316 e. The first-order chi connectivity index (χ1) is 9.95. The van der Waals surface area contributed by atoms with Gasteiger partial charge in [-0.25, -0.2) is 0 Å². The van der Waals surface area contributed by atoms with Gasteiger partial charge in [0.2, 0.25) is 0 Å². The Morgan fingerprint density at radius 1 is 1.29 bits per heavy atom. The molecule has 1 aromatic carbocycles. The summed E-state index contributed by atoms with van der Waals surface area (Å²) in [5.74, 6) is 0.850. The summed E-state index contributed by atoms with van der Waals surface area (Å²) in [6.45, 7) is 6.80. The molecule has 1 aliphatic carbocycles. The fourth-order valence-electron chi connectivity index (χ4n) is 3.57. The van der Waals surface area contributed by atoms with Crippen LogP contribution in [-0.2, 0) is 14.9 Å². The molecular weight excluding hydrogens is 328 g/mol. The molecule has 0 aromatic heterocycles. The summed E-state index contributed by atoms with van der Waals surface area (Å²) in [6.07, 6.45) is 3.32. The quantitative estimate of drug-likeness (QED) is 0.579. The van der Waals surface area contributed by atoms with E-state index in [0.717, 1.165) is 12.8 Å². The lowest BCUT2D eigenvalue weighted by atomic mass is 9.64. The number of carbonyl (C=O) groups is 1. The van der Waals surface area contributed by atoms with Crippen molar-refractivity contribution >= 4 is 21.9 Å². The van der Waals surface area contributed by atoms with E-state index in [2.05, 4.69) is 61.0 Å². The Labute approximate surface area is 136 Å². The van der Waals surface area contributed by atoms with Gasteiger partial charge in [0.05, 0.1) is 0 Å². The van der Waals surface area contributed by atoms with Gasteiger partial charge in [0.25, 0.3) is 0 Å². The number of benzene rings is 1. The third kappa shape index (κ3) is 3.88. The van der Waals surface area contributed by atoms with Crippen LogP contribution in [-0.4, -0.2) is 17.4 Å². The van der Waals surface area contributed by atoms with Gasteiger partial charge in [-0.2, -0.15) is 0 Å². The third-order valence-electron chi connectivity index (χ3n) is 4.89. The van der Waals surface area contributed by atoms with Crippen LogP contribution in [0.15, 0.2) is 30.3 Å². The predicted octanol–water partition coefficient (Wildman–Crippen LogP) is 4.71. The van der Waals surface area contributed by atoms with Crippen molar-refractivity contribution in [2.24, 2.45) is 11.8 Å². The Kier molecular flexibility index (Phi) is 5.48. The molecule has 2 nitrogen and oxygen atoms in total. The van der Waals surface area contributed by atoms with Crippen LogP contribution in [0.3, 0.4) is 0 Å². The van der Waals surface area contributed by atoms with Crippen molar-refractivity contribution in [1.29, 1.82) is 0 Å². The van der Waals surface area contributed by atoms with Gasteiger partial charge in [0.15, 0.2) is 0 Å². The third-order valence-corrected chi connectivity index (χ3v) is 5.35. The Balaban J connectivity index is 2.23. The minimum atomic E-state index is -0.150. The average Bonchev–Trinajstić information content (AvgIpc) is 2.48. The Morgan fingerprint density at radius 3 is 2.57 bits per heavy atom. The summed E-state index contributed by atoms with van der Waals surface area (Å²) < 4.78 is 5.75. The molecular formula is C18H25BrO2. The highest BCUT2D eigenvalue weighted by molar-refractivity contribution is 9.09. The minimum absolute atomic E-state index is 0.0126. The number of ether oxygens (including phenoxy) is 1. The van der Waals surface area contributed by atoms with Crippen LogP contribution < -0.4 is 0 Å². The molecule has 0 amide bonds. The average molecular weight is 353 g/mol. The lowest BCUT2D eigenvalue weighted by Crippen LogP contribution is -2.43. The minimum Gasteiger partial charge on any atom is -0.461 e. The fourth-order valence-corrected chi connectivity index (χ4v) is 3.70. The van der Waals surface area contributed by atoms with Gasteiger partial charge in [-0.3, -0.25) is 4.79 Å². The first-order valence-corrected chi connectivity index (χ1v) is 8.88. The number of halogens is 1. The van der Waals surface area contributed by atoms with E-state index < -0.39 is 0 Å². The zero-order valence-corrected chi connectivity index (χ0v) is 14.7. The summed E-state index contributed by atoms with van der Waals surface area (Å²) >= 11 is 3.20. The fraction of sp³-hybridized carbons (Fsp3) is 0.611. The van der Waals surface area contributed by atoms with Gasteiger partial charge < -0.3 is 4.74 Å². The molecule has 0 bridgehead atoms. The molecule has 1 saturated carbocycles. The zero-order chi connectivity index (χ0) is 15.5. The van der Waals surface area contributed by atoms with E-state index >= 15 is 0 Å². The predicted molar refractivity (Wildman–Crippen MR) is 89.6 cm³/mol. The first kappa shape index (κ1) is 16.5. The molecule has 3 heteroatoms. The van der Waals surface area contributed by atoms with E-state index in [1.165, 1.54) is 12.0 Å². The van der Waals surface area contributed by atoms with E-state index in [1.807, 2.05) is 6.07 Å². The van der Waals surface area contributed by atoms with Gasteiger partial charge in [-0.05, 0) is 29.7 Å². The maximum absolute atomic E-state index is 11.7. The van der Waals surface area contributed by atoms with Crippen LogP contribution in [0.1, 0.15) is 45.6 Å². The van der Waals surface area contributed by atoms with E-state index in [0.29, 0.717) is 11.8 Å². The smallest absolute Gasteiger partial charge is 0.316 e. The molecule has 0 radical (unpaired) electrons. The van der Waals surface area contributed by atoms with Crippen molar-refractivity contribution in [3.63, 3.8) is 0 Å². The van der Waals surface area contributed by atoms with Crippen molar-refractivity contribution in [2.75, 3.05) is 5.33 Å². The molecule has 0 spiro atoms.